The van der Waals surface area contributed by atoms with Gasteiger partial charge in [0.2, 0.25) is 5.95 Å². The first-order valence-corrected chi connectivity index (χ1v) is 7.19. The smallest absolute Gasteiger partial charge is 0.240 e. The lowest BCUT2D eigenvalue weighted by Crippen LogP contribution is -2.36. The molecule has 23 heavy (non-hydrogen) atoms. The second-order valence-electron chi connectivity index (χ2n) is 5.79. The van der Waals surface area contributed by atoms with Crippen molar-refractivity contribution in [1.82, 2.24) is 14.6 Å². The Bertz CT molecular complexity index is 799. The van der Waals surface area contributed by atoms with Gasteiger partial charge in [0, 0.05) is 4.91 Å². The molecule has 3 heterocycles. The molecule has 10 heteroatoms. The maximum atomic E-state index is 9.69. The zero-order chi connectivity index (χ0) is 16.8. The average Bonchev–Trinajstić information content (AvgIpc) is 3.03. The molecule has 0 radical (unpaired) electrons. The van der Waals surface area contributed by atoms with Gasteiger partial charge >= 0.3 is 0 Å². The summed E-state index contributed by atoms with van der Waals surface area (Å²) in [6, 6.07) is 3.59. The quantitative estimate of drug-likeness (QED) is 0.438. The topological polar surface area (TPSA) is 160 Å². The molecule has 2 aromatic heterocycles. The van der Waals surface area contributed by atoms with Gasteiger partial charge < -0.3 is 21.3 Å². The molecule has 0 saturated carbocycles. The number of anilines is 2. The molecule has 1 fully saturated rings. The van der Waals surface area contributed by atoms with Gasteiger partial charge in [-0.2, -0.15) is 4.98 Å². The van der Waals surface area contributed by atoms with Crippen LogP contribution in [0.4, 0.5) is 11.8 Å². The van der Waals surface area contributed by atoms with Gasteiger partial charge in [0.25, 0.3) is 0 Å². The first kappa shape index (κ1) is 15.3. The summed E-state index contributed by atoms with van der Waals surface area (Å²) in [5, 5.41) is 17.6. The first-order chi connectivity index (χ1) is 10.9. The zero-order valence-electron chi connectivity index (χ0n) is 12.8. The SMILES string of the molecule is C[C@H]1[C@H](c2ccc3c(N)nc(N)nn23)O[C@@](CO)(N=[N+]=[N-])[C@H]1C. The Morgan fingerprint density at radius 3 is 2.87 bits per heavy atom. The predicted molar refractivity (Wildman–Crippen MR) is 82.9 cm³/mol. The average molecular weight is 318 g/mol. The molecule has 0 spiro atoms. The van der Waals surface area contributed by atoms with Crippen molar-refractivity contribution in [2.75, 3.05) is 18.1 Å². The summed E-state index contributed by atoms with van der Waals surface area (Å²) in [6.07, 6.45) is -0.432. The highest BCUT2D eigenvalue weighted by Crippen LogP contribution is 2.48. The Hall–Kier alpha value is -2.55. The fourth-order valence-electron chi connectivity index (χ4n) is 3.11. The van der Waals surface area contributed by atoms with Crippen LogP contribution in [-0.4, -0.2) is 32.0 Å². The summed E-state index contributed by atoms with van der Waals surface area (Å²) in [5.41, 5.74) is 20.4. The van der Waals surface area contributed by atoms with Crippen LogP contribution in [0.25, 0.3) is 16.0 Å². The molecule has 0 bridgehead atoms. The van der Waals surface area contributed by atoms with Crippen LogP contribution in [0.2, 0.25) is 0 Å². The number of rotatable bonds is 3. The van der Waals surface area contributed by atoms with Crippen molar-refractivity contribution in [3.63, 3.8) is 0 Å². The first-order valence-electron chi connectivity index (χ1n) is 7.19. The molecule has 1 aliphatic heterocycles. The van der Waals surface area contributed by atoms with E-state index in [0.717, 1.165) is 0 Å². The van der Waals surface area contributed by atoms with Crippen LogP contribution in [0.1, 0.15) is 25.6 Å². The lowest BCUT2D eigenvalue weighted by Gasteiger charge is -2.25. The van der Waals surface area contributed by atoms with Gasteiger partial charge in [0.1, 0.15) is 11.6 Å². The Balaban J connectivity index is 2.11. The largest absolute Gasteiger partial charge is 0.393 e. The van der Waals surface area contributed by atoms with Crippen molar-refractivity contribution in [1.29, 1.82) is 0 Å². The molecule has 0 aromatic carbocycles. The van der Waals surface area contributed by atoms with Gasteiger partial charge in [-0.25, -0.2) is 4.52 Å². The summed E-state index contributed by atoms with van der Waals surface area (Å²) in [6.45, 7) is 3.44. The van der Waals surface area contributed by atoms with Gasteiger partial charge in [-0.05, 0) is 29.5 Å². The molecule has 10 nitrogen and oxygen atoms in total. The number of fused-ring (bicyclic) bond motifs is 1. The van der Waals surface area contributed by atoms with Crippen LogP contribution >= 0.6 is 0 Å². The minimum absolute atomic E-state index is 0.0248. The van der Waals surface area contributed by atoms with E-state index < -0.39 is 18.4 Å². The number of hydrogen-bond donors (Lipinski definition) is 3. The lowest BCUT2D eigenvalue weighted by atomic mass is 9.86. The highest BCUT2D eigenvalue weighted by Gasteiger charge is 2.51. The van der Waals surface area contributed by atoms with Crippen molar-refractivity contribution in [2.24, 2.45) is 17.0 Å². The van der Waals surface area contributed by atoms with E-state index in [1.807, 2.05) is 19.9 Å². The van der Waals surface area contributed by atoms with Crippen LogP contribution in [0.5, 0.6) is 0 Å². The van der Waals surface area contributed by atoms with Gasteiger partial charge in [0.05, 0.1) is 12.3 Å². The van der Waals surface area contributed by atoms with Crippen LogP contribution in [0.15, 0.2) is 17.2 Å². The monoisotopic (exact) mass is 318 g/mol. The molecule has 0 amide bonds. The second-order valence-corrected chi connectivity index (χ2v) is 5.79. The van der Waals surface area contributed by atoms with E-state index in [1.54, 1.807) is 10.6 Å². The number of nitrogen functional groups attached to an aromatic ring is 2. The molecule has 5 N–H and O–H groups in total. The summed E-state index contributed by atoms with van der Waals surface area (Å²) < 4.78 is 7.54. The van der Waals surface area contributed by atoms with E-state index in [9.17, 15) is 5.11 Å². The molecule has 0 aliphatic carbocycles. The van der Waals surface area contributed by atoms with E-state index >= 15 is 0 Å². The standard InChI is InChI=1S/C13H18N8O2/c1-6-7(2)13(5-22,19-20-16)23-10(6)8-3-4-9-11(14)17-12(15)18-21(8)9/h3-4,6-7,10,22H,5H2,1-2H3,(H4,14,15,17,18)/t6-,7+,10-,13-/m1/s1. The third-order valence-corrected chi connectivity index (χ3v) is 4.63. The Morgan fingerprint density at radius 2 is 2.22 bits per heavy atom. The zero-order valence-corrected chi connectivity index (χ0v) is 12.8. The van der Waals surface area contributed by atoms with Crippen LogP contribution in [0.3, 0.4) is 0 Å². The number of aromatic nitrogens is 3. The van der Waals surface area contributed by atoms with E-state index in [4.69, 9.17) is 21.7 Å². The van der Waals surface area contributed by atoms with Crippen molar-refractivity contribution < 1.29 is 9.84 Å². The van der Waals surface area contributed by atoms with E-state index in [1.165, 1.54) is 0 Å². The Labute approximate surface area is 131 Å². The van der Waals surface area contributed by atoms with E-state index in [2.05, 4.69) is 20.1 Å². The third-order valence-electron chi connectivity index (χ3n) is 4.63. The van der Waals surface area contributed by atoms with Crippen molar-refractivity contribution in [3.05, 3.63) is 28.3 Å². The lowest BCUT2D eigenvalue weighted by molar-refractivity contribution is -0.0865. The van der Waals surface area contributed by atoms with Gasteiger partial charge in [-0.15, -0.1) is 5.10 Å². The third kappa shape index (κ3) is 2.15. The van der Waals surface area contributed by atoms with E-state index in [0.29, 0.717) is 11.2 Å². The van der Waals surface area contributed by atoms with Crippen LogP contribution < -0.4 is 11.5 Å². The summed E-state index contributed by atoms with van der Waals surface area (Å²) in [7, 11) is 0. The molecular weight excluding hydrogens is 300 g/mol. The number of hydrogen-bond acceptors (Lipinski definition) is 7. The molecule has 1 aliphatic rings. The normalized spacial score (nSPS) is 30.5. The number of aliphatic hydroxyl groups excluding tert-OH is 1. The Kier molecular flexibility index (Phi) is 3.52. The van der Waals surface area contributed by atoms with Crippen molar-refractivity contribution in [2.45, 2.75) is 25.7 Å². The van der Waals surface area contributed by atoms with Crippen molar-refractivity contribution >= 4 is 17.3 Å². The molecule has 0 unspecified atom stereocenters. The predicted octanol–water partition coefficient (Wildman–Crippen LogP) is 1.24. The number of ether oxygens (including phenoxy) is 1. The highest BCUT2D eigenvalue weighted by molar-refractivity contribution is 5.66. The fourth-order valence-corrected chi connectivity index (χ4v) is 3.11. The highest BCUT2D eigenvalue weighted by atomic mass is 16.5. The Morgan fingerprint density at radius 1 is 1.48 bits per heavy atom. The van der Waals surface area contributed by atoms with Gasteiger partial charge in [-0.3, -0.25) is 0 Å². The summed E-state index contributed by atoms with van der Waals surface area (Å²) in [4.78, 5) is 6.75. The molecule has 122 valence electrons. The number of nitrogens with zero attached hydrogens (tertiary/aromatic N) is 6. The number of azide groups is 1. The maximum Gasteiger partial charge on any atom is 0.240 e. The molecule has 1 saturated heterocycles. The van der Waals surface area contributed by atoms with Crippen molar-refractivity contribution in [3.8, 4) is 0 Å². The van der Waals surface area contributed by atoms with Gasteiger partial charge in [0.15, 0.2) is 11.5 Å². The van der Waals surface area contributed by atoms with E-state index in [-0.39, 0.29) is 23.6 Å². The summed E-state index contributed by atoms with van der Waals surface area (Å²) in [5.74, 6) is 0.110. The minimum atomic E-state index is -1.30. The number of nitrogens with two attached hydrogens (primary N) is 2. The maximum absolute atomic E-state index is 9.69. The number of aliphatic hydroxyl groups is 1. The summed E-state index contributed by atoms with van der Waals surface area (Å²) >= 11 is 0. The van der Waals surface area contributed by atoms with Crippen LogP contribution in [-0.2, 0) is 4.74 Å². The van der Waals surface area contributed by atoms with Crippen LogP contribution in [0, 0.1) is 11.8 Å². The van der Waals surface area contributed by atoms with Gasteiger partial charge in [-0.1, -0.05) is 19.0 Å². The molecule has 2 aromatic rings. The second kappa shape index (κ2) is 5.27. The molecule has 4 atom stereocenters. The molecule has 3 rings (SSSR count). The fraction of sp³-hybridized carbons (Fsp3) is 0.538. The molecular formula is C13H18N8O2. The minimum Gasteiger partial charge on any atom is -0.393 e.